The first-order valence-electron chi connectivity index (χ1n) is 4.79. The van der Waals surface area contributed by atoms with Crippen molar-refractivity contribution in [3.63, 3.8) is 0 Å². The number of imide groups is 1. The second-order valence-electron chi connectivity index (χ2n) is 3.33. The highest BCUT2D eigenvalue weighted by molar-refractivity contribution is 6.14. The van der Waals surface area contributed by atoms with Gasteiger partial charge in [-0.2, -0.15) is 0 Å². The smallest absolute Gasteiger partial charge is 0.257 e. The SMILES string of the molecule is C=C(CCCC(=O)NN)N1C(=O)C=CC1=O. The van der Waals surface area contributed by atoms with Crippen LogP contribution >= 0.6 is 0 Å². The maximum Gasteiger partial charge on any atom is 0.257 e. The monoisotopic (exact) mass is 223 g/mol. The van der Waals surface area contributed by atoms with E-state index in [1.54, 1.807) is 0 Å². The van der Waals surface area contributed by atoms with E-state index >= 15 is 0 Å². The molecule has 3 amide bonds. The normalized spacial score (nSPS) is 14.4. The molecule has 3 N–H and O–H groups in total. The number of amides is 3. The molecule has 0 aliphatic carbocycles. The third-order valence-electron chi connectivity index (χ3n) is 2.16. The molecule has 1 rings (SSSR count). The van der Waals surface area contributed by atoms with E-state index in [2.05, 4.69) is 6.58 Å². The number of hydrazine groups is 1. The van der Waals surface area contributed by atoms with E-state index in [4.69, 9.17) is 5.84 Å². The molecule has 0 aromatic rings. The number of carbonyl (C=O) groups is 3. The number of allylic oxidation sites excluding steroid dienone is 1. The first-order chi connectivity index (χ1) is 7.56. The van der Waals surface area contributed by atoms with Crippen LogP contribution in [0.25, 0.3) is 0 Å². The summed E-state index contributed by atoms with van der Waals surface area (Å²) in [4.78, 5) is 34.3. The summed E-state index contributed by atoms with van der Waals surface area (Å²) in [7, 11) is 0. The van der Waals surface area contributed by atoms with Crippen LogP contribution in [0.2, 0.25) is 0 Å². The molecule has 0 unspecified atom stereocenters. The van der Waals surface area contributed by atoms with Crippen molar-refractivity contribution >= 4 is 17.7 Å². The van der Waals surface area contributed by atoms with Crippen molar-refractivity contribution < 1.29 is 14.4 Å². The lowest BCUT2D eigenvalue weighted by Crippen LogP contribution is -2.30. The van der Waals surface area contributed by atoms with Crippen LogP contribution in [-0.4, -0.2) is 22.6 Å². The van der Waals surface area contributed by atoms with Crippen molar-refractivity contribution in [1.82, 2.24) is 10.3 Å². The molecule has 1 aliphatic rings. The van der Waals surface area contributed by atoms with E-state index < -0.39 is 11.8 Å². The van der Waals surface area contributed by atoms with Gasteiger partial charge in [0.25, 0.3) is 11.8 Å². The van der Waals surface area contributed by atoms with E-state index in [0.29, 0.717) is 18.5 Å². The number of hydrogen-bond donors (Lipinski definition) is 2. The Labute approximate surface area is 92.7 Å². The topological polar surface area (TPSA) is 92.5 Å². The first-order valence-corrected chi connectivity index (χ1v) is 4.79. The van der Waals surface area contributed by atoms with E-state index in [0.717, 1.165) is 4.90 Å². The minimum atomic E-state index is -0.390. The lowest BCUT2D eigenvalue weighted by molar-refractivity contribution is -0.134. The molecule has 6 heteroatoms. The largest absolute Gasteiger partial charge is 0.294 e. The van der Waals surface area contributed by atoms with Crippen molar-refractivity contribution in [2.75, 3.05) is 0 Å². The van der Waals surface area contributed by atoms with Crippen LogP contribution in [-0.2, 0) is 14.4 Å². The van der Waals surface area contributed by atoms with Crippen LogP contribution in [0.5, 0.6) is 0 Å². The average molecular weight is 223 g/mol. The lowest BCUT2D eigenvalue weighted by atomic mass is 10.2. The van der Waals surface area contributed by atoms with Gasteiger partial charge in [0, 0.05) is 24.3 Å². The van der Waals surface area contributed by atoms with Gasteiger partial charge in [-0.1, -0.05) is 6.58 Å². The summed E-state index contributed by atoms with van der Waals surface area (Å²) in [5, 5.41) is 0. The van der Waals surface area contributed by atoms with Crippen molar-refractivity contribution in [2.24, 2.45) is 5.84 Å². The van der Waals surface area contributed by atoms with Gasteiger partial charge in [-0.15, -0.1) is 0 Å². The van der Waals surface area contributed by atoms with Gasteiger partial charge in [-0.25, -0.2) is 10.7 Å². The Morgan fingerprint density at radius 3 is 2.38 bits per heavy atom. The molecule has 0 aromatic carbocycles. The summed E-state index contributed by atoms with van der Waals surface area (Å²) in [6.45, 7) is 3.64. The molecule has 0 atom stereocenters. The molecule has 0 saturated heterocycles. The minimum Gasteiger partial charge on any atom is -0.294 e. The highest BCUT2D eigenvalue weighted by atomic mass is 16.2. The number of rotatable bonds is 5. The highest BCUT2D eigenvalue weighted by Crippen LogP contribution is 2.16. The molecule has 16 heavy (non-hydrogen) atoms. The Balaban J connectivity index is 2.39. The molecular formula is C10H13N3O3. The van der Waals surface area contributed by atoms with Gasteiger partial charge in [-0.3, -0.25) is 19.8 Å². The molecule has 6 nitrogen and oxygen atoms in total. The van der Waals surface area contributed by atoms with Crippen molar-refractivity contribution in [2.45, 2.75) is 19.3 Å². The molecule has 0 saturated carbocycles. The zero-order chi connectivity index (χ0) is 12.1. The Morgan fingerprint density at radius 1 is 1.31 bits per heavy atom. The predicted octanol–water partition coefficient (Wildman–Crippen LogP) is -0.415. The standard InChI is InChI=1S/C10H13N3O3/c1-7(3-2-4-8(14)12-11)13-9(15)5-6-10(13)16/h5-6H,1-4,11H2,(H,12,14). The Morgan fingerprint density at radius 2 is 1.88 bits per heavy atom. The zero-order valence-corrected chi connectivity index (χ0v) is 8.73. The maximum atomic E-state index is 11.2. The molecule has 1 aliphatic heterocycles. The van der Waals surface area contributed by atoms with E-state index in [9.17, 15) is 14.4 Å². The van der Waals surface area contributed by atoms with Crippen molar-refractivity contribution in [3.8, 4) is 0 Å². The van der Waals surface area contributed by atoms with Gasteiger partial charge in [0.15, 0.2) is 0 Å². The zero-order valence-electron chi connectivity index (χ0n) is 8.73. The number of nitrogens with two attached hydrogens (primary N) is 1. The van der Waals surface area contributed by atoms with Gasteiger partial charge in [0.05, 0.1) is 0 Å². The molecule has 0 spiro atoms. The summed E-state index contributed by atoms with van der Waals surface area (Å²) < 4.78 is 0. The average Bonchev–Trinajstić information content (AvgIpc) is 2.58. The van der Waals surface area contributed by atoms with Gasteiger partial charge in [0.1, 0.15) is 0 Å². The molecule has 0 aromatic heterocycles. The fourth-order valence-corrected chi connectivity index (χ4v) is 1.35. The van der Waals surface area contributed by atoms with E-state index in [1.807, 2.05) is 5.43 Å². The van der Waals surface area contributed by atoms with Crippen molar-refractivity contribution in [3.05, 3.63) is 24.4 Å². The van der Waals surface area contributed by atoms with Gasteiger partial charge in [-0.05, 0) is 12.8 Å². The fourth-order valence-electron chi connectivity index (χ4n) is 1.35. The summed E-state index contributed by atoms with van der Waals surface area (Å²) in [5.74, 6) is 3.84. The Hall–Kier alpha value is -1.95. The quantitative estimate of drug-likeness (QED) is 0.287. The maximum absolute atomic E-state index is 11.2. The Bertz CT molecular complexity index is 356. The summed E-state index contributed by atoms with van der Waals surface area (Å²) in [6, 6.07) is 0. The van der Waals surface area contributed by atoms with Crippen LogP contribution in [0.3, 0.4) is 0 Å². The first kappa shape index (κ1) is 12.1. The van der Waals surface area contributed by atoms with Crippen molar-refractivity contribution in [1.29, 1.82) is 0 Å². The predicted molar refractivity (Wildman–Crippen MR) is 56.3 cm³/mol. The summed E-state index contributed by atoms with van der Waals surface area (Å²) in [5.41, 5.74) is 2.39. The van der Waals surface area contributed by atoms with Gasteiger partial charge in [0.2, 0.25) is 5.91 Å². The highest BCUT2D eigenvalue weighted by Gasteiger charge is 2.25. The minimum absolute atomic E-state index is 0.235. The number of hydrogen-bond acceptors (Lipinski definition) is 4. The van der Waals surface area contributed by atoms with E-state index in [-0.39, 0.29) is 12.3 Å². The third-order valence-corrected chi connectivity index (χ3v) is 2.16. The van der Waals surface area contributed by atoms with Gasteiger partial charge < -0.3 is 0 Å². The third kappa shape index (κ3) is 2.77. The molecule has 1 heterocycles. The molecule has 0 fully saturated rings. The number of nitrogens with zero attached hydrogens (tertiary/aromatic N) is 1. The number of nitrogens with one attached hydrogen (secondary N) is 1. The lowest BCUT2D eigenvalue weighted by Gasteiger charge is -2.16. The van der Waals surface area contributed by atoms with Crippen LogP contribution < -0.4 is 11.3 Å². The van der Waals surface area contributed by atoms with Gasteiger partial charge >= 0.3 is 0 Å². The van der Waals surface area contributed by atoms with Crippen LogP contribution in [0.1, 0.15) is 19.3 Å². The summed E-state index contributed by atoms with van der Waals surface area (Å²) in [6.07, 6.45) is 3.50. The van der Waals surface area contributed by atoms with Crippen LogP contribution in [0.15, 0.2) is 24.4 Å². The molecular weight excluding hydrogens is 210 g/mol. The van der Waals surface area contributed by atoms with Crippen LogP contribution in [0.4, 0.5) is 0 Å². The molecule has 0 bridgehead atoms. The second-order valence-corrected chi connectivity index (χ2v) is 3.33. The molecule has 0 radical (unpaired) electrons. The second kappa shape index (κ2) is 5.22. The van der Waals surface area contributed by atoms with Crippen LogP contribution in [0, 0.1) is 0 Å². The Kier molecular flexibility index (Phi) is 3.96. The molecule has 86 valence electrons. The van der Waals surface area contributed by atoms with E-state index in [1.165, 1.54) is 12.2 Å². The fraction of sp³-hybridized carbons (Fsp3) is 0.300. The number of carbonyl (C=O) groups excluding carboxylic acids is 3. The summed E-state index contributed by atoms with van der Waals surface area (Å²) >= 11 is 0.